The van der Waals surface area contributed by atoms with E-state index in [-0.39, 0.29) is 0 Å². The Hall–Kier alpha value is -3.94. The third-order valence-corrected chi connectivity index (χ3v) is 4.51. The minimum absolute atomic E-state index is 0.339. The molecular formula is C24H28N4O4. The lowest BCUT2D eigenvalue weighted by Gasteiger charge is -2.11. The van der Waals surface area contributed by atoms with Gasteiger partial charge in [0.2, 0.25) is 5.88 Å². The maximum Gasteiger partial charge on any atom is 0.219 e. The van der Waals surface area contributed by atoms with Gasteiger partial charge < -0.3 is 30.0 Å². The molecule has 168 valence electrons. The van der Waals surface area contributed by atoms with E-state index in [1.54, 1.807) is 26.5 Å². The molecule has 8 nitrogen and oxygen atoms in total. The van der Waals surface area contributed by atoms with Crippen molar-refractivity contribution >= 4 is 5.96 Å². The average molecular weight is 437 g/mol. The van der Waals surface area contributed by atoms with Crippen LogP contribution in [0.15, 0.2) is 65.8 Å². The van der Waals surface area contributed by atoms with Crippen molar-refractivity contribution in [1.29, 1.82) is 0 Å². The number of benzene rings is 2. The monoisotopic (exact) mass is 436 g/mol. The summed E-state index contributed by atoms with van der Waals surface area (Å²) in [5.74, 6) is 3.46. The molecule has 0 bridgehead atoms. The summed E-state index contributed by atoms with van der Waals surface area (Å²) in [6.45, 7) is 3.40. The zero-order valence-electron chi connectivity index (χ0n) is 18.5. The Bertz CT molecular complexity index is 1040. The van der Waals surface area contributed by atoms with Gasteiger partial charge in [0.25, 0.3) is 0 Å². The molecule has 0 saturated carbocycles. The summed E-state index contributed by atoms with van der Waals surface area (Å²) in [5, 5.41) is 3.09. The SMILES string of the molecule is CCOc1ccccc1Oc1ccc(CN=C(N)NCc2ccc(OC)c(OC)c2)cn1. The van der Waals surface area contributed by atoms with Crippen LogP contribution in [0.4, 0.5) is 0 Å². The summed E-state index contributed by atoms with van der Waals surface area (Å²) in [6, 6.07) is 16.9. The molecule has 0 radical (unpaired) electrons. The first kappa shape index (κ1) is 22.7. The van der Waals surface area contributed by atoms with Crippen LogP contribution in [0.2, 0.25) is 0 Å². The van der Waals surface area contributed by atoms with Crippen LogP contribution in [0.1, 0.15) is 18.1 Å². The quantitative estimate of drug-likeness (QED) is 0.367. The van der Waals surface area contributed by atoms with Crippen molar-refractivity contribution in [1.82, 2.24) is 10.3 Å². The molecule has 2 aromatic carbocycles. The predicted molar refractivity (Wildman–Crippen MR) is 124 cm³/mol. The van der Waals surface area contributed by atoms with Crippen LogP contribution in [0.3, 0.4) is 0 Å². The molecule has 0 aliphatic rings. The third-order valence-electron chi connectivity index (χ3n) is 4.51. The highest BCUT2D eigenvalue weighted by Gasteiger charge is 2.07. The molecule has 0 spiro atoms. The highest BCUT2D eigenvalue weighted by Crippen LogP contribution is 2.30. The van der Waals surface area contributed by atoms with Crippen LogP contribution in [-0.2, 0) is 13.1 Å². The predicted octanol–water partition coefficient (Wildman–Crippen LogP) is 3.89. The summed E-state index contributed by atoms with van der Waals surface area (Å²) in [7, 11) is 3.21. The number of hydrogen-bond donors (Lipinski definition) is 2. The number of nitrogens with two attached hydrogens (primary N) is 1. The van der Waals surface area contributed by atoms with Gasteiger partial charge in [0.15, 0.2) is 29.0 Å². The molecule has 0 saturated heterocycles. The van der Waals surface area contributed by atoms with Gasteiger partial charge in [-0.1, -0.05) is 24.3 Å². The molecule has 1 aromatic heterocycles. The lowest BCUT2D eigenvalue weighted by atomic mass is 10.2. The van der Waals surface area contributed by atoms with Gasteiger partial charge in [0, 0.05) is 18.8 Å². The van der Waals surface area contributed by atoms with Crippen molar-refractivity contribution in [2.24, 2.45) is 10.7 Å². The Morgan fingerprint density at radius 2 is 1.69 bits per heavy atom. The fourth-order valence-electron chi connectivity index (χ4n) is 2.90. The van der Waals surface area contributed by atoms with Crippen LogP contribution in [0.5, 0.6) is 28.9 Å². The highest BCUT2D eigenvalue weighted by atomic mass is 16.5. The molecule has 0 atom stereocenters. The number of methoxy groups -OCH3 is 2. The highest BCUT2D eigenvalue weighted by molar-refractivity contribution is 5.77. The molecule has 0 aliphatic carbocycles. The Morgan fingerprint density at radius 3 is 2.38 bits per heavy atom. The van der Waals surface area contributed by atoms with Crippen molar-refractivity contribution < 1.29 is 18.9 Å². The Labute approximate surface area is 188 Å². The summed E-state index contributed by atoms with van der Waals surface area (Å²) >= 11 is 0. The van der Waals surface area contributed by atoms with E-state index in [4.69, 9.17) is 24.7 Å². The van der Waals surface area contributed by atoms with Crippen LogP contribution in [0, 0.1) is 0 Å². The smallest absolute Gasteiger partial charge is 0.219 e. The molecule has 1 heterocycles. The van der Waals surface area contributed by atoms with Crippen molar-refractivity contribution in [2.45, 2.75) is 20.0 Å². The maximum absolute atomic E-state index is 6.00. The van der Waals surface area contributed by atoms with E-state index < -0.39 is 0 Å². The normalized spacial score (nSPS) is 11.0. The lowest BCUT2D eigenvalue weighted by Crippen LogP contribution is -2.31. The van der Waals surface area contributed by atoms with Crippen LogP contribution >= 0.6 is 0 Å². The number of rotatable bonds is 10. The van der Waals surface area contributed by atoms with Gasteiger partial charge in [-0.3, -0.25) is 0 Å². The van der Waals surface area contributed by atoms with E-state index in [1.165, 1.54) is 0 Å². The zero-order chi connectivity index (χ0) is 22.8. The molecule has 0 unspecified atom stereocenters. The number of nitrogens with zero attached hydrogens (tertiary/aromatic N) is 2. The Morgan fingerprint density at radius 1 is 0.938 bits per heavy atom. The van der Waals surface area contributed by atoms with Crippen LogP contribution in [-0.4, -0.2) is 31.8 Å². The van der Waals surface area contributed by atoms with E-state index in [1.807, 2.05) is 55.5 Å². The first-order valence-corrected chi connectivity index (χ1v) is 10.2. The number of pyridine rings is 1. The minimum Gasteiger partial charge on any atom is -0.493 e. The summed E-state index contributed by atoms with van der Waals surface area (Å²) < 4.78 is 22.0. The number of nitrogens with one attached hydrogen (secondary N) is 1. The number of hydrogen-bond acceptors (Lipinski definition) is 6. The van der Waals surface area contributed by atoms with Crippen LogP contribution in [0.25, 0.3) is 0 Å². The topological polar surface area (TPSA) is 100 Å². The summed E-state index contributed by atoms with van der Waals surface area (Å²) in [5.41, 5.74) is 7.90. The molecule has 0 aliphatic heterocycles. The van der Waals surface area contributed by atoms with Crippen molar-refractivity contribution in [2.75, 3.05) is 20.8 Å². The molecular weight excluding hydrogens is 408 g/mol. The van der Waals surface area contributed by atoms with Crippen molar-refractivity contribution in [3.63, 3.8) is 0 Å². The van der Waals surface area contributed by atoms with Gasteiger partial charge in [-0.15, -0.1) is 0 Å². The van der Waals surface area contributed by atoms with E-state index in [0.717, 1.165) is 11.1 Å². The summed E-state index contributed by atoms with van der Waals surface area (Å²) in [4.78, 5) is 8.71. The van der Waals surface area contributed by atoms with Gasteiger partial charge in [-0.2, -0.15) is 0 Å². The first-order chi connectivity index (χ1) is 15.6. The van der Waals surface area contributed by atoms with Crippen molar-refractivity contribution in [3.05, 3.63) is 71.9 Å². The first-order valence-electron chi connectivity index (χ1n) is 10.2. The average Bonchev–Trinajstić information content (AvgIpc) is 2.83. The van der Waals surface area contributed by atoms with Gasteiger partial charge >= 0.3 is 0 Å². The Kier molecular flexibility index (Phi) is 8.14. The third kappa shape index (κ3) is 6.28. The number of ether oxygens (including phenoxy) is 4. The molecule has 0 fully saturated rings. The molecule has 8 heteroatoms. The largest absolute Gasteiger partial charge is 0.493 e. The number of para-hydroxylation sites is 2. The second kappa shape index (κ2) is 11.5. The Balaban J connectivity index is 1.54. The molecule has 32 heavy (non-hydrogen) atoms. The lowest BCUT2D eigenvalue weighted by molar-refractivity contribution is 0.319. The standard InChI is InChI=1S/C24H28N4O4/c1-4-31-20-7-5-6-8-21(20)32-23-12-10-18(15-26-23)16-28-24(25)27-14-17-9-11-19(29-2)22(13-17)30-3/h5-13,15H,4,14,16H2,1-3H3,(H3,25,27,28). The van der Waals surface area contributed by atoms with Gasteiger partial charge in [-0.05, 0) is 42.3 Å². The van der Waals surface area contributed by atoms with E-state index in [9.17, 15) is 0 Å². The minimum atomic E-state index is 0.339. The number of aliphatic imine (C=N–C) groups is 1. The fraction of sp³-hybridized carbons (Fsp3) is 0.250. The zero-order valence-corrected chi connectivity index (χ0v) is 18.5. The van der Waals surface area contributed by atoms with Crippen LogP contribution < -0.4 is 30.0 Å². The van der Waals surface area contributed by atoms with E-state index >= 15 is 0 Å². The molecule has 3 rings (SSSR count). The second-order valence-corrected chi connectivity index (χ2v) is 6.73. The van der Waals surface area contributed by atoms with E-state index in [0.29, 0.717) is 54.5 Å². The van der Waals surface area contributed by atoms with Gasteiger partial charge in [0.1, 0.15) is 0 Å². The van der Waals surface area contributed by atoms with Crippen molar-refractivity contribution in [3.8, 4) is 28.9 Å². The van der Waals surface area contributed by atoms with E-state index in [2.05, 4.69) is 15.3 Å². The summed E-state index contributed by atoms with van der Waals surface area (Å²) in [6.07, 6.45) is 1.71. The second-order valence-electron chi connectivity index (χ2n) is 6.73. The van der Waals surface area contributed by atoms with Gasteiger partial charge in [-0.25, -0.2) is 9.98 Å². The molecule has 0 amide bonds. The number of aromatic nitrogens is 1. The fourth-order valence-corrected chi connectivity index (χ4v) is 2.90. The van der Waals surface area contributed by atoms with Gasteiger partial charge in [0.05, 0.1) is 27.4 Å². The maximum atomic E-state index is 6.00. The number of guanidine groups is 1. The molecule has 3 N–H and O–H groups in total. The molecule has 3 aromatic rings.